The number of nitrogens with one attached hydrogen (secondary N) is 1. The van der Waals surface area contributed by atoms with Crippen LogP contribution < -0.4 is 9.62 Å². The first-order valence-electron chi connectivity index (χ1n) is 7.64. The van der Waals surface area contributed by atoms with E-state index in [1.807, 2.05) is 0 Å². The Labute approximate surface area is 155 Å². The number of carbonyl (C=O) groups is 1. The molecule has 2 rings (SSSR count). The largest absolute Gasteiger partial charge is 0.322 e. The van der Waals surface area contributed by atoms with Gasteiger partial charge in [-0.1, -0.05) is 24.6 Å². The highest BCUT2D eigenvalue weighted by Gasteiger charge is 2.32. The predicted molar refractivity (Wildman–Crippen MR) is 97.8 cm³/mol. The van der Waals surface area contributed by atoms with Crippen molar-refractivity contribution in [3.05, 3.63) is 59.1 Å². The Kier molecular flexibility index (Phi) is 6.20. The Morgan fingerprint density at radius 3 is 2.46 bits per heavy atom. The molecule has 0 radical (unpaired) electrons. The Balaban J connectivity index is 2.40. The van der Waals surface area contributed by atoms with Crippen molar-refractivity contribution in [3.63, 3.8) is 0 Å². The molecule has 0 heterocycles. The molecule has 0 unspecified atom stereocenters. The van der Waals surface area contributed by atoms with Gasteiger partial charge in [-0.15, -0.1) is 0 Å². The number of amides is 1. The van der Waals surface area contributed by atoms with Gasteiger partial charge >= 0.3 is 0 Å². The van der Waals surface area contributed by atoms with Gasteiger partial charge in [0, 0.05) is 11.1 Å². The van der Waals surface area contributed by atoms with Gasteiger partial charge in [0.1, 0.15) is 17.7 Å². The van der Waals surface area contributed by atoms with Crippen molar-refractivity contribution in [2.24, 2.45) is 0 Å². The molecular formula is C17H17ClF2N2O3S. The van der Waals surface area contributed by atoms with E-state index in [9.17, 15) is 22.0 Å². The Morgan fingerprint density at radius 2 is 1.92 bits per heavy atom. The fraction of sp³-hybridized carbons (Fsp3) is 0.235. The number of nitrogens with zero attached hydrogens (tertiary/aromatic N) is 1. The van der Waals surface area contributed by atoms with Gasteiger partial charge < -0.3 is 5.32 Å². The number of benzene rings is 2. The fourth-order valence-corrected chi connectivity index (χ4v) is 3.87. The van der Waals surface area contributed by atoms with Crippen LogP contribution in [0.4, 0.5) is 20.2 Å². The molecule has 0 aliphatic rings. The van der Waals surface area contributed by atoms with Gasteiger partial charge in [0.15, 0.2) is 0 Å². The lowest BCUT2D eigenvalue weighted by Crippen LogP contribution is -2.47. The lowest BCUT2D eigenvalue weighted by molar-refractivity contribution is -0.117. The third-order valence-corrected chi connectivity index (χ3v) is 5.00. The predicted octanol–water partition coefficient (Wildman–Crippen LogP) is 3.80. The highest BCUT2D eigenvalue weighted by Crippen LogP contribution is 2.26. The summed E-state index contributed by atoms with van der Waals surface area (Å²) in [5, 5.41) is 2.61. The van der Waals surface area contributed by atoms with Crippen molar-refractivity contribution >= 4 is 38.9 Å². The average Bonchev–Trinajstić information content (AvgIpc) is 2.53. The zero-order chi connectivity index (χ0) is 19.5. The molecule has 9 heteroatoms. The van der Waals surface area contributed by atoms with Crippen LogP contribution in [0.1, 0.15) is 13.3 Å². The smallest absolute Gasteiger partial charge is 0.248 e. The minimum Gasteiger partial charge on any atom is -0.322 e. The summed E-state index contributed by atoms with van der Waals surface area (Å²) in [6, 6.07) is 7.58. The van der Waals surface area contributed by atoms with Crippen molar-refractivity contribution in [1.29, 1.82) is 0 Å². The van der Waals surface area contributed by atoms with E-state index in [4.69, 9.17) is 11.6 Å². The first-order valence-corrected chi connectivity index (χ1v) is 9.87. The normalized spacial score (nSPS) is 12.5. The first-order chi connectivity index (χ1) is 12.1. The minimum absolute atomic E-state index is 0.119. The molecule has 26 heavy (non-hydrogen) atoms. The van der Waals surface area contributed by atoms with Crippen LogP contribution in [0.2, 0.25) is 5.02 Å². The van der Waals surface area contributed by atoms with E-state index in [2.05, 4.69) is 5.32 Å². The van der Waals surface area contributed by atoms with Gasteiger partial charge in [0.25, 0.3) is 0 Å². The number of anilines is 2. The SMILES string of the molecule is CC[C@@H](C(=O)Nc1ccc(F)cc1F)N(c1cccc(Cl)c1)S(C)(=O)=O. The molecule has 0 bridgehead atoms. The molecule has 2 aromatic rings. The number of carbonyl (C=O) groups excluding carboxylic acids is 1. The molecule has 5 nitrogen and oxygen atoms in total. The van der Waals surface area contributed by atoms with E-state index in [-0.39, 0.29) is 17.8 Å². The molecule has 1 amide bonds. The van der Waals surface area contributed by atoms with Gasteiger partial charge in [0.2, 0.25) is 15.9 Å². The molecule has 0 aromatic heterocycles. The van der Waals surface area contributed by atoms with Gasteiger partial charge in [-0.3, -0.25) is 9.10 Å². The summed E-state index contributed by atoms with van der Waals surface area (Å²) in [5.74, 6) is -2.49. The van der Waals surface area contributed by atoms with E-state index in [1.54, 1.807) is 19.1 Å². The van der Waals surface area contributed by atoms with E-state index in [0.717, 1.165) is 22.7 Å². The van der Waals surface area contributed by atoms with Crippen LogP contribution >= 0.6 is 11.6 Å². The summed E-state index contributed by atoms with van der Waals surface area (Å²) in [6.07, 6.45) is 1.08. The maximum absolute atomic E-state index is 13.8. The van der Waals surface area contributed by atoms with Crippen LogP contribution in [0.3, 0.4) is 0 Å². The van der Waals surface area contributed by atoms with Gasteiger partial charge in [-0.2, -0.15) is 0 Å². The third kappa shape index (κ3) is 4.70. The van der Waals surface area contributed by atoms with Crippen LogP contribution in [0.25, 0.3) is 0 Å². The molecule has 1 N–H and O–H groups in total. The zero-order valence-electron chi connectivity index (χ0n) is 14.0. The van der Waals surface area contributed by atoms with Crippen LogP contribution in [0.5, 0.6) is 0 Å². The lowest BCUT2D eigenvalue weighted by atomic mass is 10.1. The summed E-state index contributed by atoms with van der Waals surface area (Å²) in [5.41, 5.74) is -0.0315. The average molecular weight is 403 g/mol. The van der Waals surface area contributed by atoms with Crippen molar-refractivity contribution in [1.82, 2.24) is 0 Å². The lowest BCUT2D eigenvalue weighted by Gasteiger charge is -2.30. The van der Waals surface area contributed by atoms with Gasteiger partial charge in [-0.05, 0) is 36.8 Å². The molecule has 0 saturated carbocycles. The molecule has 0 saturated heterocycles. The summed E-state index contributed by atoms with van der Waals surface area (Å²) < 4.78 is 52.3. The number of hydrogen-bond acceptors (Lipinski definition) is 3. The van der Waals surface area contributed by atoms with Crippen molar-refractivity contribution in [2.45, 2.75) is 19.4 Å². The number of hydrogen-bond donors (Lipinski definition) is 1. The summed E-state index contributed by atoms with van der Waals surface area (Å²) in [7, 11) is -3.84. The second-order valence-corrected chi connectivity index (χ2v) is 7.87. The molecule has 0 aliphatic carbocycles. The van der Waals surface area contributed by atoms with Crippen molar-refractivity contribution in [2.75, 3.05) is 15.9 Å². The maximum atomic E-state index is 13.8. The van der Waals surface area contributed by atoms with Crippen LogP contribution in [0.15, 0.2) is 42.5 Å². The van der Waals surface area contributed by atoms with E-state index in [1.165, 1.54) is 12.1 Å². The number of rotatable bonds is 6. The molecule has 0 aliphatic heterocycles. The quantitative estimate of drug-likeness (QED) is 0.799. The molecule has 0 fully saturated rings. The van der Waals surface area contributed by atoms with E-state index in [0.29, 0.717) is 11.1 Å². The Hall–Kier alpha value is -2.19. The second kappa shape index (κ2) is 8.01. The second-order valence-electron chi connectivity index (χ2n) is 5.58. The summed E-state index contributed by atoms with van der Waals surface area (Å²) in [6.45, 7) is 1.62. The summed E-state index contributed by atoms with van der Waals surface area (Å²) >= 11 is 5.92. The molecule has 1 atom stereocenters. The zero-order valence-corrected chi connectivity index (χ0v) is 15.6. The maximum Gasteiger partial charge on any atom is 0.248 e. The van der Waals surface area contributed by atoms with Gasteiger partial charge in [0.05, 0.1) is 17.6 Å². The summed E-state index contributed by atoms with van der Waals surface area (Å²) in [4.78, 5) is 12.6. The molecule has 2 aromatic carbocycles. The van der Waals surface area contributed by atoms with Gasteiger partial charge in [-0.25, -0.2) is 17.2 Å². The van der Waals surface area contributed by atoms with Crippen molar-refractivity contribution < 1.29 is 22.0 Å². The Morgan fingerprint density at radius 1 is 1.23 bits per heavy atom. The topological polar surface area (TPSA) is 66.5 Å². The van der Waals surface area contributed by atoms with Crippen molar-refractivity contribution in [3.8, 4) is 0 Å². The molecule has 0 spiro atoms. The van der Waals surface area contributed by atoms with E-state index < -0.39 is 33.6 Å². The minimum atomic E-state index is -3.84. The molecule has 140 valence electrons. The first kappa shape index (κ1) is 20.1. The van der Waals surface area contributed by atoms with Crippen LogP contribution in [0, 0.1) is 11.6 Å². The third-order valence-electron chi connectivity index (χ3n) is 3.58. The van der Waals surface area contributed by atoms with Crippen LogP contribution in [-0.2, 0) is 14.8 Å². The van der Waals surface area contributed by atoms with E-state index >= 15 is 0 Å². The van der Waals surface area contributed by atoms with Crippen LogP contribution in [-0.4, -0.2) is 26.6 Å². The number of halogens is 3. The Bertz CT molecular complexity index is 922. The fourth-order valence-electron chi connectivity index (χ4n) is 2.48. The highest BCUT2D eigenvalue weighted by molar-refractivity contribution is 7.92. The standard InChI is InChI=1S/C17H17ClF2N2O3S/c1-3-16(17(23)21-15-8-7-12(19)10-14(15)20)22(26(2,24)25)13-6-4-5-11(18)9-13/h4-10,16H,3H2,1-2H3,(H,21,23)/t16-/m0/s1. The monoisotopic (exact) mass is 402 g/mol. The highest BCUT2D eigenvalue weighted by atomic mass is 35.5. The number of sulfonamides is 1. The molecular weight excluding hydrogens is 386 g/mol.